The van der Waals surface area contributed by atoms with Crippen LogP contribution in [0.25, 0.3) is 11.0 Å². The van der Waals surface area contributed by atoms with Gasteiger partial charge in [-0.05, 0) is 17.7 Å². The highest BCUT2D eigenvalue weighted by molar-refractivity contribution is 7.90. The Hall–Kier alpha value is -1.95. The van der Waals surface area contributed by atoms with Crippen molar-refractivity contribution in [3.05, 3.63) is 44.0 Å². The van der Waals surface area contributed by atoms with E-state index in [1.54, 1.807) is 0 Å². The van der Waals surface area contributed by atoms with Crippen LogP contribution in [-0.2, 0) is 32.6 Å². The molecule has 150 valence electrons. The van der Waals surface area contributed by atoms with Gasteiger partial charge in [-0.2, -0.15) is 13.2 Å². The lowest BCUT2D eigenvalue weighted by Crippen LogP contribution is -2.36. The molecule has 0 spiro atoms. The van der Waals surface area contributed by atoms with Crippen molar-refractivity contribution < 1.29 is 35.9 Å². The van der Waals surface area contributed by atoms with E-state index in [1.807, 2.05) is 4.98 Å². The summed E-state index contributed by atoms with van der Waals surface area (Å²) < 4.78 is 75.2. The summed E-state index contributed by atoms with van der Waals surface area (Å²) in [5.74, 6) is -1.44. The van der Waals surface area contributed by atoms with Gasteiger partial charge in [0, 0.05) is 5.75 Å². The number of hydrogen-bond acceptors (Lipinski definition) is 5. The molecule has 3 N–H and O–H groups in total. The van der Waals surface area contributed by atoms with Gasteiger partial charge in [-0.15, -0.1) is 0 Å². The molecule has 27 heavy (non-hydrogen) atoms. The van der Waals surface area contributed by atoms with Gasteiger partial charge in [0.15, 0.2) is 9.84 Å². The van der Waals surface area contributed by atoms with Crippen molar-refractivity contribution in [1.82, 2.24) is 9.55 Å². The molecule has 0 atom stereocenters. The van der Waals surface area contributed by atoms with Crippen LogP contribution in [0.4, 0.5) is 13.2 Å². The summed E-state index contributed by atoms with van der Waals surface area (Å²) in [7, 11) is -8.78. The first-order valence-corrected chi connectivity index (χ1v) is 10.9. The third kappa shape index (κ3) is 4.86. The lowest BCUT2D eigenvalue weighted by Gasteiger charge is -2.17. The summed E-state index contributed by atoms with van der Waals surface area (Å²) >= 11 is 0. The summed E-state index contributed by atoms with van der Waals surface area (Å²) in [6.45, 7) is 1.24. The average Bonchev–Trinajstić information content (AvgIpc) is 2.49. The number of fused-ring (bicyclic) bond motifs is 1. The fraction of sp³-hybridized carbons (Fsp3) is 0.385. The summed E-state index contributed by atoms with van der Waals surface area (Å²) in [5, 5.41) is 0. The Morgan fingerprint density at radius 2 is 1.81 bits per heavy atom. The smallest absolute Gasteiger partial charge is 0.323 e. The van der Waals surface area contributed by atoms with Crippen molar-refractivity contribution in [2.75, 3.05) is 5.75 Å². The fourth-order valence-electron chi connectivity index (χ4n) is 2.41. The highest BCUT2D eigenvalue weighted by atomic mass is 32.2. The van der Waals surface area contributed by atoms with Crippen LogP contribution in [0.15, 0.2) is 21.7 Å². The molecule has 0 aliphatic heterocycles. The molecule has 2 rings (SSSR count). The third-order valence-corrected chi connectivity index (χ3v) is 5.93. The SMILES string of the molecule is CCS(=O)(=O)Cc1cc2c(cc1C(F)(F)F)[nH]c(=O)c(=O)n2CP(=O)(O)O. The lowest BCUT2D eigenvalue weighted by molar-refractivity contribution is -0.138. The quantitative estimate of drug-likeness (QED) is 0.469. The number of sulfone groups is 1. The van der Waals surface area contributed by atoms with Gasteiger partial charge in [0.2, 0.25) is 0 Å². The molecule has 1 heterocycles. The van der Waals surface area contributed by atoms with E-state index in [2.05, 4.69) is 0 Å². The molecular weight excluding hydrogens is 416 g/mol. The summed E-state index contributed by atoms with van der Waals surface area (Å²) in [4.78, 5) is 43.7. The number of halogens is 3. The van der Waals surface area contributed by atoms with E-state index in [1.165, 1.54) is 6.92 Å². The van der Waals surface area contributed by atoms with Crippen molar-refractivity contribution >= 4 is 28.5 Å². The number of benzene rings is 1. The number of H-pyrrole nitrogens is 1. The van der Waals surface area contributed by atoms with Gasteiger partial charge in [-0.3, -0.25) is 18.7 Å². The van der Waals surface area contributed by atoms with E-state index in [9.17, 15) is 35.7 Å². The second-order valence-electron chi connectivity index (χ2n) is 5.69. The van der Waals surface area contributed by atoms with Gasteiger partial charge in [-0.25, -0.2) is 8.42 Å². The lowest BCUT2D eigenvalue weighted by atomic mass is 10.1. The minimum Gasteiger partial charge on any atom is -0.323 e. The largest absolute Gasteiger partial charge is 0.416 e. The molecule has 2 aromatic rings. The van der Waals surface area contributed by atoms with Gasteiger partial charge in [0.1, 0.15) is 6.29 Å². The van der Waals surface area contributed by atoms with Crippen LogP contribution in [0.3, 0.4) is 0 Å². The number of alkyl halides is 3. The first kappa shape index (κ1) is 21.4. The van der Waals surface area contributed by atoms with Crippen LogP contribution in [-0.4, -0.2) is 33.5 Å². The Balaban J connectivity index is 2.94. The standard InChI is InChI=1S/C13H14F3N2O7PS/c1-2-27(24,25)5-7-3-10-9(4-8(7)13(14,15)16)17-11(19)12(20)18(10)6-26(21,22)23/h3-4H,2,5-6H2,1H3,(H,17,19)(H2,21,22,23). The Labute approximate surface area is 149 Å². The zero-order valence-corrected chi connectivity index (χ0v) is 15.4. The minimum atomic E-state index is -4.96. The molecule has 0 saturated heterocycles. The topological polar surface area (TPSA) is 147 Å². The number of rotatable bonds is 5. The zero-order chi connectivity index (χ0) is 20.8. The van der Waals surface area contributed by atoms with Crippen LogP contribution in [0, 0.1) is 0 Å². The molecule has 0 aliphatic carbocycles. The second kappa shape index (κ2) is 6.89. The first-order chi connectivity index (χ1) is 12.1. The molecule has 9 nitrogen and oxygen atoms in total. The molecule has 14 heteroatoms. The van der Waals surface area contributed by atoms with Crippen LogP contribution < -0.4 is 11.1 Å². The van der Waals surface area contributed by atoms with E-state index >= 15 is 0 Å². The normalized spacial score (nSPS) is 13.3. The maximum atomic E-state index is 13.3. The maximum Gasteiger partial charge on any atom is 0.416 e. The highest BCUT2D eigenvalue weighted by Crippen LogP contribution is 2.38. The number of nitrogens with zero attached hydrogens (tertiary/aromatic N) is 1. The third-order valence-electron chi connectivity index (χ3n) is 3.65. The minimum absolute atomic E-state index is 0.331. The van der Waals surface area contributed by atoms with Gasteiger partial charge in [0.05, 0.1) is 22.3 Å². The van der Waals surface area contributed by atoms with Gasteiger partial charge in [-0.1, -0.05) is 6.92 Å². The monoisotopic (exact) mass is 430 g/mol. The first-order valence-electron chi connectivity index (χ1n) is 7.26. The van der Waals surface area contributed by atoms with Crippen LogP contribution in [0.2, 0.25) is 0 Å². The second-order valence-corrected chi connectivity index (χ2v) is 9.66. The molecule has 1 aromatic heterocycles. The molecule has 1 aromatic carbocycles. The summed E-state index contributed by atoms with van der Waals surface area (Å²) in [6.07, 6.45) is -6.22. The molecular formula is C13H14F3N2O7PS. The summed E-state index contributed by atoms with van der Waals surface area (Å²) in [6, 6.07) is 1.13. The molecule has 0 saturated carbocycles. The molecule has 0 amide bonds. The Kier molecular flexibility index (Phi) is 5.45. The van der Waals surface area contributed by atoms with E-state index in [-0.39, 0.29) is 0 Å². The molecule has 0 bridgehead atoms. The number of aromatic amines is 1. The van der Waals surface area contributed by atoms with Gasteiger partial charge < -0.3 is 14.8 Å². The number of nitrogens with one attached hydrogen (secondary N) is 1. The van der Waals surface area contributed by atoms with E-state index in [0.717, 1.165) is 0 Å². The number of hydrogen-bond donors (Lipinski definition) is 3. The highest BCUT2D eigenvalue weighted by Gasteiger charge is 2.35. The molecule has 0 aliphatic rings. The number of aromatic nitrogens is 2. The summed E-state index contributed by atoms with van der Waals surface area (Å²) in [5.41, 5.74) is -5.77. The van der Waals surface area contributed by atoms with Crippen LogP contribution >= 0.6 is 7.60 Å². The van der Waals surface area contributed by atoms with Crippen molar-refractivity contribution in [2.24, 2.45) is 0 Å². The predicted octanol–water partition coefficient (Wildman–Crippen LogP) is 0.778. The average molecular weight is 430 g/mol. The molecule has 0 radical (unpaired) electrons. The van der Waals surface area contributed by atoms with Crippen molar-refractivity contribution in [2.45, 2.75) is 25.1 Å². The van der Waals surface area contributed by atoms with Crippen LogP contribution in [0.1, 0.15) is 18.1 Å². The molecule has 0 fully saturated rings. The Morgan fingerprint density at radius 3 is 2.30 bits per heavy atom. The van der Waals surface area contributed by atoms with Crippen LogP contribution in [0.5, 0.6) is 0 Å². The van der Waals surface area contributed by atoms with Crippen molar-refractivity contribution in [1.29, 1.82) is 0 Å². The predicted molar refractivity (Wildman–Crippen MR) is 89.0 cm³/mol. The van der Waals surface area contributed by atoms with Gasteiger partial charge >= 0.3 is 24.9 Å². The fourth-order valence-corrected chi connectivity index (χ4v) is 3.98. The zero-order valence-electron chi connectivity index (χ0n) is 13.6. The molecule has 0 unspecified atom stereocenters. The Morgan fingerprint density at radius 1 is 1.22 bits per heavy atom. The maximum absolute atomic E-state index is 13.3. The van der Waals surface area contributed by atoms with Crippen molar-refractivity contribution in [3.8, 4) is 0 Å². The van der Waals surface area contributed by atoms with E-state index < -0.39 is 74.7 Å². The van der Waals surface area contributed by atoms with Crippen molar-refractivity contribution in [3.63, 3.8) is 0 Å². The van der Waals surface area contributed by atoms with Gasteiger partial charge in [0.25, 0.3) is 0 Å². The Bertz CT molecular complexity index is 1160. The van der Waals surface area contributed by atoms with E-state index in [4.69, 9.17) is 9.79 Å². The van der Waals surface area contributed by atoms with E-state index in [0.29, 0.717) is 16.7 Å².